The van der Waals surface area contributed by atoms with Gasteiger partial charge in [0.15, 0.2) is 6.61 Å². The van der Waals surface area contributed by atoms with Gasteiger partial charge in [-0.3, -0.25) is 19.2 Å². The lowest BCUT2D eigenvalue weighted by Crippen LogP contribution is -2.43. The summed E-state index contributed by atoms with van der Waals surface area (Å²) in [6, 6.07) is 3.50. The average molecular weight is 377 g/mol. The predicted octanol–water partition coefficient (Wildman–Crippen LogP) is -0.105. The molecule has 2 N–H and O–H groups in total. The van der Waals surface area contributed by atoms with Gasteiger partial charge in [0.1, 0.15) is 5.76 Å². The van der Waals surface area contributed by atoms with E-state index in [1.165, 1.54) is 6.26 Å². The summed E-state index contributed by atoms with van der Waals surface area (Å²) in [5.41, 5.74) is 5.27. The number of likely N-dealkylation sites (tertiary alicyclic amines) is 2. The Labute approximate surface area is 156 Å². The number of amides is 3. The molecule has 0 aromatic carbocycles. The van der Waals surface area contributed by atoms with Gasteiger partial charge in [-0.25, -0.2) is 0 Å². The first-order chi connectivity index (χ1) is 12.9. The third-order valence-corrected chi connectivity index (χ3v) is 5.06. The number of furan rings is 1. The fourth-order valence-corrected chi connectivity index (χ4v) is 3.43. The standard InChI is InChI=1S/C18H23N3O6/c19-17(24)12-3-5-20(6-4-12)16(23)11-27-18(25)13-8-15(22)21(9-13)10-14-2-1-7-26-14/h1-2,7,12-13H,3-6,8-11H2,(H2,19,24)/t13-/m1/s1. The number of primary amides is 1. The molecule has 0 saturated carbocycles. The lowest BCUT2D eigenvalue weighted by Gasteiger charge is -2.30. The van der Waals surface area contributed by atoms with Crippen molar-refractivity contribution in [1.29, 1.82) is 0 Å². The van der Waals surface area contributed by atoms with Crippen LogP contribution in [0.5, 0.6) is 0 Å². The Morgan fingerprint density at radius 1 is 1.22 bits per heavy atom. The van der Waals surface area contributed by atoms with E-state index in [2.05, 4.69) is 0 Å². The Kier molecular flexibility index (Phi) is 5.78. The molecule has 1 aromatic heterocycles. The number of carbonyl (C=O) groups is 4. The molecule has 3 rings (SSSR count). The molecule has 2 aliphatic heterocycles. The molecule has 2 aliphatic rings. The number of hydrogen-bond donors (Lipinski definition) is 1. The van der Waals surface area contributed by atoms with Crippen LogP contribution in [0, 0.1) is 11.8 Å². The monoisotopic (exact) mass is 377 g/mol. The molecule has 2 fully saturated rings. The zero-order chi connectivity index (χ0) is 19.4. The van der Waals surface area contributed by atoms with E-state index in [9.17, 15) is 19.2 Å². The van der Waals surface area contributed by atoms with Gasteiger partial charge in [-0.05, 0) is 25.0 Å². The smallest absolute Gasteiger partial charge is 0.311 e. The molecule has 0 spiro atoms. The molecular formula is C18H23N3O6. The van der Waals surface area contributed by atoms with E-state index in [0.717, 1.165) is 0 Å². The lowest BCUT2D eigenvalue weighted by molar-refractivity contribution is -0.155. The van der Waals surface area contributed by atoms with Crippen LogP contribution in [0.15, 0.2) is 22.8 Å². The van der Waals surface area contributed by atoms with Gasteiger partial charge in [0.2, 0.25) is 11.8 Å². The van der Waals surface area contributed by atoms with Gasteiger partial charge < -0.3 is 24.7 Å². The predicted molar refractivity (Wildman–Crippen MR) is 91.7 cm³/mol. The van der Waals surface area contributed by atoms with E-state index < -0.39 is 11.9 Å². The van der Waals surface area contributed by atoms with Gasteiger partial charge in [0.05, 0.1) is 18.7 Å². The van der Waals surface area contributed by atoms with Crippen molar-refractivity contribution in [3.63, 3.8) is 0 Å². The van der Waals surface area contributed by atoms with Crippen molar-refractivity contribution in [2.75, 3.05) is 26.2 Å². The maximum Gasteiger partial charge on any atom is 0.311 e. The molecule has 2 saturated heterocycles. The Hall–Kier alpha value is -2.84. The molecule has 0 radical (unpaired) electrons. The molecule has 1 atom stereocenters. The Balaban J connectivity index is 1.42. The van der Waals surface area contributed by atoms with E-state index in [1.54, 1.807) is 21.9 Å². The van der Waals surface area contributed by atoms with Crippen LogP contribution >= 0.6 is 0 Å². The van der Waals surface area contributed by atoms with Crippen molar-refractivity contribution < 1.29 is 28.3 Å². The second kappa shape index (κ2) is 8.24. The van der Waals surface area contributed by atoms with Crippen molar-refractivity contribution in [2.24, 2.45) is 17.6 Å². The molecule has 0 unspecified atom stereocenters. The number of hydrogen-bond acceptors (Lipinski definition) is 6. The Bertz CT molecular complexity index is 709. The zero-order valence-electron chi connectivity index (χ0n) is 15.0. The molecule has 3 amide bonds. The highest BCUT2D eigenvalue weighted by Crippen LogP contribution is 2.22. The number of esters is 1. The van der Waals surface area contributed by atoms with Crippen molar-refractivity contribution in [2.45, 2.75) is 25.8 Å². The van der Waals surface area contributed by atoms with E-state index in [4.69, 9.17) is 14.9 Å². The molecule has 0 aliphatic carbocycles. The maximum atomic E-state index is 12.2. The summed E-state index contributed by atoms with van der Waals surface area (Å²) < 4.78 is 10.3. The third kappa shape index (κ3) is 4.66. The van der Waals surface area contributed by atoms with Gasteiger partial charge in [0.25, 0.3) is 5.91 Å². The number of rotatable bonds is 6. The normalized spacial score (nSPS) is 20.7. The largest absolute Gasteiger partial charge is 0.467 e. The lowest BCUT2D eigenvalue weighted by atomic mass is 9.96. The fourth-order valence-electron chi connectivity index (χ4n) is 3.43. The molecule has 1 aromatic rings. The minimum atomic E-state index is -0.583. The summed E-state index contributed by atoms with van der Waals surface area (Å²) in [4.78, 5) is 50.7. The molecular weight excluding hydrogens is 354 g/mol. The number of ether oxygens (including phenoxy) is 1. The zero-order valence-corrected chi connectivity index (χ0v) is 15.0. The van der Waals surface area contributed by atoms with E-state index >= 15 is 0 Å². The van der Waals surface area contributed by atoms with Gasteiger partial charge in [-0.1, -0.05) is 0 Å². The van der Waals surface area contributed by atoms with Gasteiger partial charge in [-0.15, -0.1) is 0 Å². The summed E-state index contributed by atoms with van der Waals surface area (Å²) in [6.07, 6.45) is 2.64. The van der Waals surface area contributed by atoms with E-state index in [0.29, 0.717) is 38.2 Å². The van der Waals surface area contributed by atoms with Crippen molar-refractivity contribution in [1.82, 2.24) is 9.80 Å². The topological polar surface area (TPSA) is 123 Å². The van der Waals surface area contributed by atoms with Crippen LogP contribution < -0.4 is 5.73 Å². The first-order valence-corrected chi connectivity index (χ1v) is 8.98. The van der Waals surface area contributed by atoms with E-state index in [1.807, 2.05) is 0 Å². The molecule has 0 bridgehead atoms. The first-order valence-electron chi connectivity index (χ1n) is 8.98. The van der Waals surface area contributed by atoms with Crippen LogP contribution in [0.1, 0.15) is 25.0 Å². The maximum absolute atomic E-state index is 12.2. The second-order valence-electron chi connectivity index (χ2n) is 6.92. The Morgan fingerprint density at radius 3 is 2.59 bits per heavy atom. The second-order valence-corrected chi connectivity index (χ2v) is 6.92. The minimum Gasteiger partial charge on any atom is -0.467 e. The van der Waals surface area contributed by atoms with Gasteiger partial charge in [-0.2, -0.15) is 0 Å². The summed E-state index contributed by atoms with van der Waals surface area (Å²) >= 11 is 0. The van der Waals surface area contributed by atoms with Crippen molar-refractivity contribution in [3.05, 3.63) is 24.2 Å². The quantitative estimate of drug-likeness (QED) is 0.690. The Morgan fingerprint density at radius 2 is 1.96 bits per heavy atom. The third-order valence-electron chi connectivity index (χ3n) is 5.06. The van der Waals surface area contributed by atoms with Crippen LogP contribution in [-0.2, 0) is 30.5 Å². The van der Waals surface area contributed by atoms with Crippen molar-refractivity contribution >= 4 is 23.7 Å². The average Bonchev–Trinajstić information content (AvgIpc) is 3.30. The number of nitrogens with two attached hydrogens (primary N) is 1. The summed E-state index contributed by atoms with van der Waals surface area (Å²) in [5, 5.41) is 0. The molecule has 27 heavy (non-hydrogen) atoms. The van der Waals surface area contributed by atoms with Crippen molar-refractivity contribution in [3.8, 4) is 0 Å². The fraction of sp³-hybridized carbons (Fsp3) is 0.556. The molecule has 9 heteroatoms. The number of carbonyl (C=O) groups excluding carboxylic acids is 4. The summed E-state index contributed by atoms with van der Waals surface area (Å²) in [5.74, 6) is -1.49. The highest BCUT2D eigenvalue weighted by molar-refractivity contribution is 5.88. The minimum absolute atomic E-state index is 0.0672. The summed E-state index contributed by atoms with van der Waals surface area (Å²) in [7, 11) is 0. The number of piperidine rings is 1. The molecule has 146 valence electrons. The van der Waals surface area contributed by atoms with E-state index in [-0.39, 0.29) is 43.2 Å². The number of nitrogens with zero attached hydrogens (tertiary/aromatic N) is 2. The van der Waals surface area contributed by atoms with Gasteiger partial charge >= 0.3 is 5.97 Å². The highest BCUT2D eigenvalue weighted by Gasteiger charge is 2.36. The van der Waals surface area contributed by atoms with Crippen LogP contribution in [0.2, 0.25) is 0 Å². The molecule has 3 heterocycles. The van der Waals surface area contributed by atoms with Gasteiger partial charge in [0, 0.05) is 32.0 Å². The summed E-state index contributed by atoms with van der Waals surface area (Å²) in [6.45, 7) is 1.04. The SMILES string of the molecule is NC(=O)C1CCN(C(=O)COC(=O)[C@@H]2CC(=O)N(Cc3ccco3)C2)CC1. The van der Waals surface area contributed by atoms with Crippen LogP contribution in [0.3, 0.4) is 0 Å². The van der Waals surface area contributed by atoms with Crippen LogP contribution in [-0.4, -0.2) is 59.7 Å². The van der Waals surface area contributed by atoms with Crippen LogP contribution in [0.25, 0.3) is 0 Å². The molecule has 9 nitrogen and oxygen atoms in total. The highest BCUT2D eigenvalue weighted by atomic mass is 16.5. The van der Waals surface area contributed by atoms with Crippen LogP contribution in [0.4, 0.5) is 0 Å². The first kappa shape index (κ1) is 18.9.